The molecule has 4 unspecified atom stereocenters. The molecule has 1 saturated heterocycles. The highest BCUT2D eigenvalue weighted by molar-refractivity contribution is 6.22. The molecular weight excluding hydrogens is 352 g/mol. The topological polar surface area (TPSA) is 66.5 Å². The van der Waals surface area contributed by atoms with E-state index in [0.29, 0.717) is 29.6 Å². The Morgan fingerprint density at radius 2 is 1.50 bits per heavy atom. The summed E-state index contributed by atoms with van der Waals surface area (Å²) in [5, 5.41) is 2.89. The number of anilines is 1. The van der Waals surface area contributed by atoms with Crippen LogP contribution in [0.4, 0.5) is 5.69 Å². The molecule has 142 valence electrons. The van der Waals surface area contributed by atoms with Crippen molar-refractivity contribution in [3.8, 4) is 0 Å². The number of fused-ring (bicyclic) bond motifs is 5. The van der Waals surface area contributed by atoms with E-state index in [1.54, 1.807) is 24.3 Å². The van der Waals surface area contributed by atoms with Crippen LogP contribution in [0.15, 0.2) is 54.6 Å². The summed E-state index contributed by atoms with van der Waals surface area (Å²) in [5.74, 6) is 0.218. The van der Waals surface area contributed by atoms with Crippen molar-refractivity contribution in [3.05, 3.63) is 65.7 Å². The Labute approximate surface area is 163 Å². The fourth-order valence-electron chi connectivity index (χ4n) is 5.31. The zero-order valence-electron chi connectivity index (χ0n) is 15.5. The van der Waals surface area contributed by atoms with Crippen LogP contribution < -0.4 is 10.2 Å². The number of benzene rings is 2. The predicted octanol–water partition coefficient (Wildman–Crippen LogP) is 3.15. The third kappa shape index (κ3) is 2.65. The lowest BCUT2D eigenvalue weighted by Crippen LogP contribution is -2.32. The first-order chi connectivity index (χ1) is 13.6. The summed E-state index contributed by atoms with van der Waals surface area (Å²) in [7, 11) is 0. The summed E-state index contributed by atoms with van der Waals surface area (Å²) >= 11 is 0. The molecule has 5 heteroatoms. The van der Waals surface area contributed by atoms with E-state index < -0.39 is 0 Å². The smallest absolute Gasteiger partial charge is 0.251 e. The van der Waals surface area contributed by atoms with Crippen LogP contribution in [0.25, 0.3) is 0 Å². The zero-order valence-corrected chi connectivity index (χ0v) is 15.5. The maximum Gasteiger partial charge on any atom is 0.251 e. The van der Waals surface area contributed by atoms with Gasteiger partial charge < -0.3 is 5.32 Å². The molecule has 2 aliphatic carbocycles. The Kier molecular flexibility index (Phi) is 4.04. The van der Waals surface area contributed by atoms with Gasteiger partial charge in [0.15, 0.2) is 0 Å². The Morgan fingerprint density at radius 3 is 2.11 bits per heavy atom. The zero-order chi connectivity index (χ0) is 19.3. The van der Waals surface area contributed by atoms with E-state index in [0.717, 1.165) is 24.8 Å². The minimum absolute atomic E-state index is 0.0523. The van der Waals surface area contributed by atoms with Crippen LogP contribution in [0.3, 0.4) is 0 Å². The maximum absolute atomic E-state index is 12.9. The SMILES string of the molecule is O=C(NCc1ccccc1)c1ccc(N2C(=O)C3C4CCC(C4)C3C2=O)cc1. The van der Waals surface area contributed by atoms with E-state index in [2.05, 4.69) is 5.32 Å². The van der Waals surface area contributed by atoms with Gasteiger partial charge >= 0.3 is 0 Å². The van der Waals surface area contributed by atoms with Crippen molar-refractivity contribution >= 4 is 23.4 Å². The van der Waals surface area contributed by atoms with E-state index in [4.69, 9.17) is 0 Å². The van der Waals surface area contributed by atoms with Gasteiger partial charge in [0.05, 0.1) is 17.5 Å². The van der Waals surface area contributed by atoms with Crippen LogP contribution in [0, 0.1) is 23.7 Å². The molecule has 0 aromatic heterocycles. The molecule has 2 aromatic carbocycles. The number of carbonyl (C=O) groups is 3. The minimum Gasteiger partial charge on any atom is -0.348 e. The third-order valence-corrected chi connectivity index (χ3v) is 6.61. The molecule has 5 rings (SSSR count). The van der Waals surface area contributed by atoms with Crippen molar-refractivity contribution in [1.82, 2.24) is 5.32 Å². The van der Waals surface area contributed by atoms with E-state index in [1.807, 2.05) is 30.3 Å². The molecular formula is C23H22N2O3. The number of nitrogens with zero attached hydrogens (tertiary/aromatic N) is 1. The van der Waals surface area contributed by atoms with Crippen molar-refractivity contribution < 1.29 is 14.4 Å². The largest absolute Gasteiger partial charge is 0.348 e. The van der Waals surface area contributed by atoms with E-state index in [1.165, 1.54) is 4.90 Å². The normalized spacial score (nSPS) is 27.9. The fraction of sp³-hybridized carbons (Fsp3) is 0.348. The number of hydrogen-bond donors (Lipinski definition) is 1. The minimum atomic E-state index is -0.176. The Bertz CT molecular complexity index is 910. The number of carbonyl (C=O) groups excluding carboxylic acids is 3. The summed E-state index contributed by atoms with van der Waals surface area (Å²) in [6.07, 6.45) is 3.17. The van der Waals surface area contributed by atoms with Gasteiger partial charge in [-0.1, -0.05) is 30.3 Å². The van der Waals surface area contributed by atoms with Crippen LogP contribution in [0.1, 0.15) is 35.2 Å². The number of hydrogen-bond acceptors (Lipinski definition) is 3. The third-order valence-electron chi connectivity index (χ3n) is 6.61. The van der Waals surface area contributed by atoms with Gasteiger partial charge in [-0.2, -0.15) is 0 Å². The van der Waals surface area contributed by atoms with E-state index in [-0.39, 0.29) is 29.6 Å². The molecule has 1 heterocycles. The Balaban J connectivity index is 1.29. The van der Waals surface area contributed by atoms with Gasteiger partial charge in [-0.05, 0) is 60.9 Å². The summed E-state index contributed by atoms with van der Waals surface area (Å²) in [5.41, 5.74) is 2.12. The van der Waals surface area contributed by atoms with Crippen LogP contribution >= 0.6 is 0 Å². The van der Waals surface area contributed by atoms with Crippen LogP contribution in [-0.2, 0) is 16.1 Å². The van der Waals surface area contributed by atoms with Crippen LogP contribution in [0.2, 0.25) is 0 Å². The summed E-state index contributed by atoms with van der Waals surface area (Å²) in [4.78, 5) is 39.5. The van der Waals surface area contributed by atoms with Crippen molar-refractivity contribution in [2.24, 2.45) is 23.7 Å². The number of nitrogens with one attached hydrogen (secondary N) is 1. The highest BCUT2D eigenvalue weighted by Gasteiger charge is 2.61. The molecule has 1 N–H and O–H groups in total. The molecule has 3 aliphatic rings. The van der Waals surface area contributed by atoms with Crippen LogP contribution in [0.5, 0.6) is 0 Å². The second-order valence-electron chi connectivity index (χ2n) is 8.11. The van der Waals surface area contributed by atoms with E-state index >= 15 is 0 Å². The standard InChI is InChI=1S/C23H22N2O3/c26-21(24-13-14-4-2-1-3-5-14)15-8-10-18(11-9-15)25-22(27)19-16-6-7-17(12-16)20(19)23(25)28/h1-5,8-11,16-17,19-20H,6-7,12-13H2,(H,24,26). The lowest BCUT2D eigenvalue weighted by atomic mass is 9.81. The highest BCUT2D eigenvalue weighted by Crippen LogP contribution is 2.56. The molecule has 0 radical (unpaired) electrons. The molecule has 2 bridgehead atoms. The van der Waals surface area contributed by atoms with Crippen molar-refractivity contribution in [3.63, 3.8) is 0 Å². The fourth-order valence-corrected chi connectivity index (χ4v) is 5.31. The molecule has 2 aromatic rings. The first kappa shape index (κ1) is 17.2. The first-order valence-electron chi connectivity index (χ1n) is 9.93. The lowest BCUT2D eigenvalue weighted by Gasteiger charge is -2.19. The van der Waals surface area contributed by atoms with Gasteiger partial charge in [-0.15, -0.1) is 0 Å². The second-order valence-corrected chi connectivity index (χ2v) is 8.11. The van der Waals surface area contributed by atoms with Crippen molar-refractivity contribution in [2.45, 2.75) is 25.8 Å². The molecule has 0 spiro atoms. The number of rotatable bonds is 4. The highest BCUT2D eigenvalue weighted by atomic mass is 16.2. The summed E-state index contributed by atoms with van der Waals surface area (Å²) < 4.78 is 0. The lowest BCUT2D eigenvalue weighted by molar-refractivity contribution is -0.123. The first-order valence-corrected chi connectivity index (χ1v) is 9.93. The van der Waals surface area contributed by atoms with Gasteiger partial charge in [0.1, 0.15) is 0 Å². The van der Waals surface area contributed by atoms with Gasteiger partial charge in [0.2, 0.25) is 11.8 Å². The quantitative estimate of drug-likeness (QED) is 0.836. The molecule has 1 aliphatic heterocycles. The predicted molar refractivity (Wildman–Crippen MR) is 104 cm³/mol. The average Bonchev–Trinajstić information content (AvgIpc) is 3.41. The van der Waals surface area contributed by atoms with Gasteiger partial charge in [0, 0.05) is 12.1 Å². The summed E-state index contributed by atoms with van der Waals surface area (Å²) in [6.45, 7) is 0.455. The second kappa shape index (κ2) is 6.59. The monoisotopic (exact) mass is 374 g/mol. The van der Waals surface area contributed by atoms with Gasteiger partial charge in [-0.25, -0.2) is 0 Å². The molecule has 28 heavy (non-hydrogen) atoms. The van der Waals surface area contributed by atoms with Crippen molar-refractivity contribution in [2.75, 3.05) is 4.90 Å². The summed E-state index contributed by atoms with van der Waals surface area (Å²) in [6, 6.07) is 16.5. The molecule has 3 amide bonds. The van der Waals surface area contributed by atoms with E-state index in [9.17, 15) is 14.4 Å². The number of imide groups is 1. The van der Waals surface area contributed by atoms with Gasteiger partial charge in [0.25, 0.3) is 5.91 Å². The molecule has 2 saturated carbocycles. The number of amides is 3. The van der Waals surface area contributed by atoms with Crippen LogP contribution in [-0.4, -0.2) is 17.7 Å². The molecule has 5 nitrogen and oxygen atoms in total. The van der Waals surface area contributed by atoms with Gasteiger partial charge in [-0.3, -0.25) is 19.3 Å². The Morgan fingerprint density at radius 1 is 0.893 bits per heavy atom. The maximum atomic E-state index is 12.9. The molecule has 3 fully saturated rings. The molecule has 4 atom stereocenters. The Hall–Kier alpha value is -2.95. The average molecular weight is 374 g/mol. The van der Waals surface area contributed by atoms with Crippen molar-refractivity contribution in [1.29, 1.82) is 0 Å².